The SMILES string of the molecule is CCC[CH2][Sn](/[CH]=C/CC[C@H](OC(N)=O)[C@H](/C=C/[C@H](CCCC=O)O[Si](C)(C)C(C)(C)C)O[Si](C)(C)C(C)(C)C)([CH2]CCC)[CH2]CCC. The van der Waals surface area contributed by atoms with Gasteiger partial charge in [0.05, 0.1) is 0 Å². The minimum atomic E-state index is -2.43. The van der Waals surface area contributed by atoms with E-state index in [0.717, 1.165) is 25.5 Å². The number of unbranched alkanes of at least 4 members (excludes halogenated alkanes) is 4. The monoisotopic (exact) mass is 803 g/mol. The molecule has 0 aliphatic carbocycles. The van der Waals surface area contributed by atoms with Crippen molar-refractivity contribution in [2.45, 2.75) is 201 Å². The fraction of sp³-hybridized carbons (Fsp3) is 0.842. The summed E-state index contributed by atoms with van der Waals surface area (Å²) in [5.41, 5.74) is 5.70. The Morgan fingerprint density at radius 2 is 1.23 bits per heavy atom. The third-order valence-electron chi connectivity index (χ3n) is 10.6. The van der Waals surface area contributed by atoms with Gasteiger partial charge in [-0.05, 0) is 0 Å². The van der Waals surface area contributed by atoms with Crippen LogP contribution in [0.4, 0.5) is 4.79 Å². The van der Waals surface area contributed by atoms with Crippen LogP contribution in [0.5, 0.6) is 0 Å². The Kier molecular flexibility index (Phi) is 22.2. The van der Waals surface area contributed by atoms with Crippen LogP contribution < -0.4 is 5.73 Å². The van der Waals surface area contributed by atoms with E-state index in [-0.39, 0.29) is 16.2 Å². The molecular formula is C38H77NO5Si2Sn. The average Bonchev–Trinajstić information content (AvgIpc) is 2.95. The number of allylic oxidation sites excluding steroid dienone is 1. The Hall–Kier alpha value is -0.428. The van der Waals surface area contributed by atoms with E-state index in [1.807, 2.05) is 0 Å². The van der Waals surface area contributed by atoms with Crippen molar-refractivity contribution in [3.63, 3.8) is 0 Å². The van der Waals surface area contributed by atoms with Crippen molar-refractivity contribution in [1.29, 1.82) is 0 Å². The third kappa shape index (κ3) is 18.4. The second kappa shape index (κ2) is 22.4. The van der Waals surface area contributed by atoms with E-state index in [1.54, 1.807) is 0 Å². The fourth-order valence-corrected chi connectivity index (χ4v) is 22.5. The van der Waals surface area contributed by atoms with Gasteiger partial charge in [-0.15, -0.1) is 0 Å². The molecule has 0 spiro atoms. The van der Waals surface area contributed by atoms with Gasteiger partial charge in [-0.25, -0.2) is 0 Å². The summed E-state index contributed by atoms with van der Waals surface area (Å²) >= 11 is -2.43. The first kappa shape index (κ1) is 46.6. The van der Waals surface area contributed by atoms with Gasteiger partial charge in [0.25, 0.3) is 0 Å². The van der Waals surface area contributed by atoms with Gasteiger partial charge in [0.1, 0.15) is 6.29 Å². The Morgan fingerprint density at radius 1 is 0.745 bits per heavy atom. The zero-order valence-corrected chi connectivity index (χ0v) is 38.0. The predicted molar refractivity (Wildman–Crippen MR) is 211 cm³/mol. The molecule has 9 heteroatoms. The fourth-order valence-electron chi connectivity index (χ4n) is 5.39. The molecule has 0 fully saturated rings. The Morgan fingerprint density at radius 3 is 1.66 bits per heavy atom. The van der Waals surface area contributed by atoms with Crippen LogP contribution in [0.25, 0.3) is 0 Å². The van der Waals surface area contributed by atoms with Crippen molar-refractivity contribution in [3.05, 3.63) is 22.3 Å². The van der Waals surface area contributed by atoms with Crippen molar-refractivity contribution < 1.29 is 23.2 Å². The number of primary amides is 1. The molecule has 6 nitrogen and oxygen atoms in total. The quantitative estimate of drug-likeness (QED) is 0.0430. The summed E-state index contributed by atoms with van der Waals surface area (Å²) in [5, 5.41) is 0.0273. The number of hydrogen-bond acceptors (Lipinski definition) is 5. The number of rotatable bonds is 25. The Labute approximate surface area is 297 Å². The van der Waals surface area contributed by atoms with Gasteiger partial charge in [0.2, 0.25) is 0 Å². The average molecular weight is 803 g/mol. The van der Waals surface area contributed by atoms with Gasteiger partial charge < -0.3 is 4.79 Å². The van der Waals surface area contributed by atoms with Gasteiger partial charge in [0.15, 0.2) is 0 Å². The van der Waals surface area contributed by atoms with E-state index in [0.29, 0.717) is 12.8 Å². The van der Waals surface area contributed by atoms with Crippen LogP contribution in [0.2, 0.25) is 49.6 Å². The Bertz CT molecular complexity index is 918. The van der Waals surface area contributed by atoms with Crippen molar-refractivity contribution in [2.24, 2.45) is 5.73 Å². The summed E-state index contributed by atoms with van der Waals surface area (Å²) in [6.45, 7) is 29.3. The molecule has 0 rings (SSSR count). The van der Waals surface area contributed by atoms with E-state index in [4.69, 9.17) is 19.3 Å². The first-order valence-corrected chi connectivity index (χ1v) is 32.3. The first-order valence-electron chi connectivity index (χ1n) is 18.8. The van der Waals surface area contributed by atoms with E-state index >= 15 is 0 Å². The molecule has 0 aliphatic rings. The summed E-state index contributed by atoms with van der Waals surface area (Å²) in [7, 11) is -4.34. The molecule has 0 heterocycles. The third-order valence-corrected chi connectivity index (χ3v) is 33.8. The molecule has 47 heavy (non-hydrogen) atoms. The second-order valence-corrected chi connectivity index (χ2v) is 39.4. The van der Waals surface area contributed by atoms with E-state index in [1.165, 1.54) is 51.8 Å². The molecule has 1 amide bonds. The standard InChI is InChI=1S/C26H50NO5Si2.3C4H9.Sn/c1-12-13-17-22(30-24(27)29)23(32-34(10,11)26(5,6)7)19-18-21(16-14-15-20-28)31-33(8,9)25(2,3)4;3*1-3-4-2;/h1,12,18-23H,13-17H2,2-11H3,(H2,27,29);3*1,3-4H2,2H3;/b12-1?,19-18+;;;;/t21-,22-,23-;;;;/m0..../s1. The summed E-state index contributed by atoms with van der Waals surface area (Å²) in [6.07, 6.45) is 17.0. The zero-order valence-electron chi connectivity index (χ0n) is 33.1. The van der Waals surface area contributed by atoms with Crippen molar-refractivity contribution in [1.82, 2.24) is 0 Å². The summed E-state index contributed by atoms with van der Waals surface area (Å²) in [5.74, 6) is 0. The topological polar surface area (TPSA) is 87.9 Å². The summed E-state index contributed by atoms with van der Waals surface area (Å²) < 4.78 is 26.7. The molecule has 0 unspecified atom stereocenters. The van der Waals surface area contributed by atoms with Gasteiger partial charge in [-0.1, -0.05) is 20.8 Å². The zero-order chi connectivity index (χ0) is 36.4. The van der Waals surface area contributed by atoms with Gasteiger partial charge in [-0.3, -0.25) is 0 Å². The van der Waals surface area contributed by atoms with Gasteiger partial charge >= 0.3 is 268 Å². The van der Waals surface area contributed by atoms with Crippen LogP contribution in [-0.2, 0) is 18.4 Å². The molecule has 0 bridgehead atoms. The first-order chi connectivity index (χ1) is 21.7. The van der Waals surface area contributed by atoms with Gasteiger partial charge in [-0.2, -0.15) is 0 Å². The molecule has 0 saturated carbocycles. The Balaban J connectivity index is 6.56. The maximum atomic E-state index is 12.3. The summed E-state index contributed by atoms with van der Waals surface area (Å²) in [6, 6.07) is 0. The van der Waals surface area contributed by atoms with Gasteiger partial charge in [0, 0.05) is 0 Å². The van der Waals surface area contributed by atoms with Crippen LogP contribution in [0, 0.1) is 0 Å². The van der Waals surface area contributed by atoms with E-state index in [2.05, 4.69) is 111 Å². The van der Waals surface area contributed by atoms with E-state index < -0.39 is 53.3 Å². The normalized spacial score (nSPS) is 15.7. The molecule has 0 aromatic carbocycles. The number of aldehydes is 1. The molecule has 276 valence electrons. The minimum absolute atomic E-state index is 0.0246. The molecule has 0 radical (unpaired) electrons. The van der Waals surface area contributed by atoms with Crippen LogP contribution in [0.15, 0.2) is 22.3 Å². The predicted octanol–water partition coefficient (Wildman–Crippen LogP) is 11.9. The summed E-state index contributed by atoms with van der Waals surface area (Å²) in [4.78, 5) is 23.5. The second-order valence-electron chi connectivity index (χ2n) is 16.9. The molecule has 2 N–H and O–H groups in total. The number of amides is 1. The molecule has 3 atom stereocenters. The molecule has 0 aliphatic heterocycles. The van der Waals surface area contributed by atoms with Crippen molar-refractivity contribution in [2.75, 3.05) is 0 Å². The molecule has 0 aromatic rings. The van der Waals surface area contributed by atoms with Crippen molar-refractivity contribution >= 4 is 47.4 Å². The molecular weight excluding hydrogens is 725 g/mol. The van der Waals surface area contributed by atoms with Crippen LogP contribution in [-0.4, -0.2) is 65.7 Å². The number of carbonyl (C=O) groups excluding carboxylic acids is 2. The van der Waals surface area contributed by atoms with Crippen molar-refractivity contribution in [3.8, 4) is 0 Å². The molecule has 0 aromatic heterocycles. The van der Waals surface area contributed by atoms with E-state index in [9.17, 15) is 9.59 Å². The van der Waals surface area contributed by atoms with Crippen LogP contribution in [0.3, 0.4) is 0 Å². The van der Waals surface area contributed by atoms with Crippen LogP contribution in [0.1, 0.15) is 133 Å². The maximum absolute atomic E-state index is 12.3. The number of hydrogen-bond donors (Lipinski definition) is 1. The molecule has 0 saturated heterocycles. The van der Waals surface area contributed by atoms with Crippen LogP contribution >= 0.6 is 0 Å². The number of nitrogens with two attached hydrogens (primary N) is 1. The number of ether oxygens (including phenoxy) is 1. The number of carbonyl (C=O) groups is 2.